The molecule has 0 radical (unpaired) electrons. The van der Waals surface area contributed by atoms with Crippen molar-refractivity contribution in [1.82, 2.24) is 0 Å². The van der Waals surface area contributed by atoms with Crippen molar-refractivity contribution in [2.45, 2.75) is 380 Å². The summed E-state index contributed by atoms with van der Waals surface area (Å²) in [6.45, 7) is 6.56. The topological polar surface area (TPSA) is 78.9 Å². The van der Waals surface area contributed by atoms with Crippen molar-refractivity contribution < 1.29 is 28.6 Å². The average Bonchev–Trinajstić information content (AvgIpc) is 3.47. The second-order valence-electron chi connectivity index (χ2n) is 24.1. The zero-order valence-electron chi connectivity index (χ0n) is 54.8. The Balaban J connectivity index is 4.28. The number of ether oxygens (including phenoxy) is 3. The molecule has 476 valence electrons. The normalized spacial score (nSPS) is 12.5. The Bertz CT molecular complexity index is 1500. The highest BCUT2D eigenvalue weighted by molar-refractivity contribution is 5.71. The van der Waals surface area contributed by atoms with Gasteiger partial charge in [0.15, 0.2) is 6.10 Å². The van der Waals surface area contributed by atoms with Crippen molar-refractivity contribution in [1.29, 1.82) is 0 Å². The zero-order valence-corrected chi connectivity index (χ0v) is 54.8. The molecule has 0 saturated heterocycles. The zero-order chi connectivity index (χ0) is 59.2. The van der Waals surface area contributed by atoms with Crippen molar-refractivity contribution in [3.8, 4) is 0 Å². The number of carbonyl (C=O) groups is 3. The average molecular weight is 1150 g/mol. The van der Waals surface area contributed by atoms with Crippen LogP contribution in [0, 0.1) is 0 Å². The van der Waals surface area contributed by atoms with Gasteiger partial charge in [0, 0.05) is 19.3 Å². The SMILES string of the molecule is CC/C=C\C/C=C\C/C=C\C/C=C\C/C=C\CCCCCCCCCC(=O)OC(COC(=O)CCCCCCC/C=C\CCCCCCC)COC(=O)CCCCCCCCCCCCCCCCCCCCCCCCCCCCC. The molecule has 1 unspecified atom stereocenters. The maximum absolute atomic E-state index is 13.0. The van der Waals surface area contributed by atoms with Gasteiger partial charge in [0.2, 0.25) is 0 Å². The van der Waals surface area contributed by atoms with Gasteiger partial charge in [-0.2, -0.15) is 0 Å². The quantitative estimate of drug-likeness (QED) is 0.0261. The van der Waals surface area contributed by atoms with Crippen LogP contribution in [-0.4, -0.2) is 37.2 Å². The number of hydrogen-bond donors (Lipinski definition) is 0. The third kappa shape index (κ3) is 67.6. The van der Waals surface area contributed by atoms with Crippen LogP contribution >= 0.6 is 0 Å². The number of unbranched alkanes of at least 4 members (excludes halogenated alkanes) is 43. The summed E-state index contributed by atoms with van der Waals surface area (Å²) in [6, 6.07) is 0. The predicted octanol–water partition coefficient (Wildman–Crippen LogP) is 24.8. The van der Waals surface area contributed by atoms with E-state index in [2.05, 4.69) is 93.7 Å². The van der Waals surface area contributed by atoms with Crippen molar-refractivity contribution >= 4 is 17.9 Å². The number of carbonyl (C=O) groups excluding carboxylic acids is 3. The van der Waals surface area contributed by atoms with Crippen molar-refractivity contribution in [3.63, 3.8) is 0 Å². The molecule has 6 heteroatoms. The number of rotatable bonds is 66. The largest absolute Gasteiger partial charge is 0.462 e. The number of allylic oxidation sites excluding steroid dienone is 12. The van der Waals surface area contributed by atoms with Crippen LogP contribution in [0.15, 0.2) is 72.9 Å². The van der Waals surface area contributed by atoms with Crippen LogP contribution in [-0.2, 0) is 28.6 Å². The first-order valence-corrected chi connectivity index (χ1v) is 35.9. The molecule has 0 amide bonds. The van der Waals surface area contributed by atoms with E-state index in [-0.39, 0.29) is 31.1 Å². The molecule has 0 spiro atoms. The van der Waals surface area contributed by atoms with Gasteiger partial charge in [-0.1, -0.05) is 338 Å². The van der Waals surface area contributed by atoms with E-state index < -0.39 is 6.10 Å². The van der Waals surface area contributed by atoms with Gasteiger partial charge in [-0.15, -0.1) is 0 Å². The van der Waals surface area contributed by atoms with Gasteiger partial charge < -0.3 is 14.2 Å². The Labute approximate surface area is 510 Å². The monoisotopic (exact) mass is 1150 g/mol. The lowest BCUT2D eigenvalue weighted by Crippen LogP contribution is -2.30. The van der Waals surface area contributed by atoms with E-state index in [0.29, 0.717) is 19.3 Å². The highest BCUT2D eigenvalue weighted by atomic mass is 16.6. The van der Waals surface area contributed by atoms with E-state index in [1.54, 1.807) is 0 Å². The second-order valence-corrected chi connectivity index (χ2v) is 24.1. The summed E-state index contributed by atoms with van der Waals surface area (Å²) in [4.78, 5) is 38.5. The van der Waals surface area contributed by atoms with Gasteiger partial charge in [0.25, 0.3) is 0 Å². The molecule has 0 bridgehead atoms. The minimum atomic E-state index is -0.786. The third-order valence-electron chi connectivity index (χ3n) is 15.9. The Morgan fingerprint density at radius 2 is 0.476 bits per heavy atom. The third-order valence-corrected chi connectivity index (χ3v) is 15.9. The second kappa shape index (κ2) is 70.3. The van der Waals surface area contributed by atoms with E-state index in [1.165, 1.54) is 231 Å². The number of hydrogen-bond acceptors (Lipinski definition) is 6. The molecule has 1 atom stereocenters. The van der Waals surface area contributed by atoms with Gasteiger partial charge in [-0.05, 0) is 89.9 Å². The molecule has 0 aromatic carbocycles. The van der Waals surface area contributed by atoms with Crippen LogP contribution in [0.25, 0.3) is 0 Å². The Hall–Kier alpha value is -3.15. The maximum Gasteiger partial charge on any atom is 0.306 e. The standard InChI is InChI=1S/C76H136O6/c1-4-7-10-13-16-19-22-25-28-30-32-34-36-37-38-39-41-42-44-46-48-51-54-57-60-63-66-69-75(78)81-72-73(71-80-74(77)68-65-62-59-56-53-50-27-24-21-18-15-12-9-6-3)82-76(79)70-67-64-61-58-55-52-49-47-45-43-40-35-33-31-29-26-23-20-17-14-11-8-5-2/h8,11,17,20,24,26-27,29,33,35,43,45,73H,4-7,9-10,12-16,18-19,21-23,25,28,30-32,34,36-42,44,46-72H2,1-3H3/b11-8-,20-17-,27-24-,29-26-,35-33-,45-43-. The lowest BCUT2D eigenvalue weighted by molar-refractivity contribution is -0.167. The Morgan fingerprint density at radius 1 is 0.256 bits per heavy atom. The summed E-state index contributed by atoms with van der Waals surface area (Å²) in [7, 11) is 0. The van der Waals surface area contributed by atoms with Crippen LogP contribution in [0.3, 0.4) is 0 Å². The fourth-order valence-corrected chi connectivity index (χ4v) is 10.6. The van der Waals surface area contributed by atoms with Gasteiger partial charge in [-0.25, -0.2) is 0 Å². The molecule has 0 saturated carbocycles. The van der Waals surface area contributed by atoms with E-state index in [0.717, 1.165) is 103 Å². The van der Waals surface area contributed by atoms with E-state index in [4.69, 9.17) is 14.2 Å². The molecule has 0 aromatic heterocycles. The van der Waals surface area contributed by atoms with E-state index in [9.17, 15) is 14.4 Å². The molecule has 0 aliphatic carbocycles. The van der Waals surface area contributed by atoms with E-state index >= 15 is 0 Å². The van der Waals surface area contributed by atoms with Crippen molar-refractivity contribution in [2.75, 3.05) is 13.2 Å². The van der Waals surface area contributed by atoms with Gasteiger partial charge >= 0.3 is 17.9 Å². The molecule has 0 fully saturated rings. The van der Waals surface area contributed by atoms with Crippen LogP contribution in [0.2, 0.25) is 0 Å². The smallest absolute Gasteiger partial charge is 0.306 e. The summed E-state index contributed by atoms with van der Waals surface area (Å²) in [5.41, 5.74) is 0. The minimum absolute atomic E-state index is 0.0791. The lowest BCUT2D eigenvalue weighted by Gasteiger charge is -2.18. The molecule has 0 rings (SSSR count). The summed E-state index contributed by atoms with van der Waals surface area (Å²) in [6.07, 6.45) is 92.2. The summed E-state index contributed by atoms with van der Waals surface area (Å²) >= 11 is 0. The van der Waals surface area contributed by atoms with Crippen LogP contribution < -0.4 is 0 Å². The highest BCUT2D eigenvalue weighted by Crippen LogP contribution is 2.18. The fourth-order valence-electron chi connectivity index (χ4n) is 10.6. The molecule has 0 aliphatic heterocycles. The molecular formula is C76H136O6. The van der Waals surface area contributed by atoms with Crippen LogP contribution in [0.4, 0.5) is 0 Å². The van der Waals surface area contributed by atoms with Crippen LogP contribution in [0.5, 0.6) is 0 Å². The molecular weight excluding hydrogens is 1010 g/mol. The first-order chi connectivity index (χ1) is 40.5. The number of esters is 3. The highest BCUT2D eigenvalue weighted by Gasteiger charge is 2.19. The fraction of sp³-hybridized carbons (Fsp3) is 0.803. The Kier molecular flexibility index (Phi) is 67.6. The predicted molar refractivity (Wildman–Crippen MR) is 358 cm³/mol. The molecule has 6 nitrogen and oxygen atoms in total. The van der Waals surface area contributed by atoms with Crippen LogP contribution in [0.1, 0.15) is 374 Å². The Morgan fingerprint density at radius 3 is 0.756 bits per heavy atom. The molecule has 0 aliphatic rings. The summed E-state index contributed by atoms with van der Waals surface area (Å²) < 4.78 is 17.0. The molecule has 0 heterocycles. The van der Waals surface area contributed by atoms with Crippen molar-refractivity contribution in [2.24, 2.45) is 0 Å². The molecule has 0 aromatic rings. The lowest BCUT2D eigenvalue weighted by atomic mass is 10.0. The molecule has 82 heavy (non-hydrogen) atoms. The summed E-state index contributed by atoms with van der Waals surface area (Å²) in [5.74, 6) is -0.878. The van der Waals surface area contributed by atoms with Gasteiger partial charge in [0.1, 0.15) is 13.2 Å². The maximum atomic E-state index is 13.0. The molecule has 0 N–H and O–H groups in total. The summed E-state index contributed by atoms with van der Waals surface area (Å²) in [5, 5.41) is 0. The van der Waals surface area contributed by atoms with E-state index in [1.807, 2.05) is 0 Å². The van der Waals surface area contributed by atoms with Crippen molar-refractivity contribution in [3.05, 3.63) is 72.9 Å². The minimum Gasteiger partial charge on any atom is -0.462 e. The first kappa shape index (κ1) is 78.8. The van der Waals surface area contributed by atoms with Gasteiger partial charge in [-0.3, -0.25) is 14.4 Å². The van der Waals surface area contributed by atoms with Gasteiger partial charge in [0.05, 0.1) is 0 Å². The first-order valence-electron chi connectivity index (χ1n) is 35.9.